The molecule has 12 nitrogen and oxygen atoms in total. The number of phenols is 3. The minimum atomic E-state index is -0.673. The molecule has 8 atom stereocenters. The number of fused-ring (bicyclic) bond motifs is 4. The molecule has 4 aliphatic carbocycles. The van der Waals surface area contributed by atoms with Crippen molar-refractivity contribution in [2.45, 2.75) is 165 Å². The zero-order valence-electron chi connectivity index (χ0n) is 48.6. The topological polar surface area (TPSA) is 167 Å². The largest absolute Gasteiger partial charge is 0.508 e. The van der Waals surface area contributed by atoms with E-state index < -0.39 is 6.10 Å². The fourth-order valence-electron chi connectivity index (χ4n) is 17.0. The summed E-state index contributed by atoms with van der Waals surface area (Å²) >= 11 is 0. The first-order valence-electron chi connectivity index (χ1n) is 31.4. The molecule has 0 amide bonds. The highest BCUT2D eigenvalue weighted by atomic mass is 16.5. The first-order chi connectivity index (χ1) is 41.1. The minimum absolute atomic E-state index is 0.0325. The Kier molecular flexibility index (Phi) is 15.2. The van der Waals surface area contributed by atoms with Crippen LogP contribution in [0, 0.1) is 35.5 Å². The number of aromatic hydroxyl groups is 3. The quantitative estimate of drug-likeness (QED) is 0.0515. The molecule has 1 spiro atoms. The van der Waals surface area contributed by atoms with Crippen LogP contribution in [0.3, 0.4) is 0 Å². The summed E-state index contributed by atoms with van der Waals surface area (Å²) in [5, 5.41) is 66.0. The molecule has 9 aliphatic rings. The van der Waals surface area contributed by atoms with E-state index in [1.54, 1.807) is 36.9 Å². The van der Waals surface area contributed by atoms with E-state index in [4.69, 9.17) is 18.9 Å². The van der Waals surface area contributed by atoms with Gasteiger partial charge in [-0.2, -0.15) is 0 Å². The maximum absolute atomic E-state index is 12.4. The molecule has 15 rings (SSSR count). The highest BCUT2D eigenvalue weighted by Crippen LogP contribution is 2.64. The summed E-state index contributed by atoms with van der Waals surface area (Å²) in [5.41, 5.74) is 13.7. The molecule has 1 saturated carbocycles. The summed E-state index contributed by atoms with van der Waals surface area (Å²) in [6.45, 7) is 1.32. The van der Waals surface area contributed by atoms with E-state index in [1.165, 1.54) is 36.0 Å². The first kappa shape index (κ1) is 55.3. The first-order valence-corrected chi connectivity index (χ1v) is 31.4. The highest BCUT2D eigenvalue weighted by Gasteiger charge is 2.63. The van der Waals surface area contributed by atoms with Crippen LogP contribution in [0.2, 0.25) is 0 Å². The lowest BCUT2D eigenvalue weighted by Crippen LogP contribution is -2.64. The third-order valence-electron chi connectivity index (χ3n) is 21.1. The number of methoxy groups -OCH3 is 1. The number of aliphatic hydroxyl groups excluding tert-OH is 2. The normalized spacial score (nSPS) is 26.9. The predicted molar refractivity (Wildman–Crippen MR) is 324 cm³/mol. The van der Waals surface area contributed by atoms with Crippen molar-refractivity contribution in [2.75, 3.05) is 27.1 Å². The predicted octanol–water partition coefficient (Wildman–Crippen LogP) is 11.5. The van der Waals surface area contributed by atoms with E-state index in [-0.39, 0.29) is 72.2 Å². The van der Waals surface area contributed by atoms with Crippen LogP contribution in [-0.2, 0) is 71.4 Å². The molecule has 0 radical (unpaired) electrons. The Morgan fingerprint density at radius 1 is 0.810 bits per heavy atom. The number of nitrogens with one attached hydrogen (secondary N) is 2. The van der Waals surface area contributed by atoms with Crippen LogP contribution < -0.4 is 15.4 Å². The van der Waals surface area contributed by atoms with Gasteiger partial charge in [0.05, 0.1) is 44.4 Å². The van der Waals surface area contributed by atoms with Crippen molar-refractivity contribution in [3.8, 4) is 34.8 Å². The lowest BCUT2D eigenvalue weighted by atomic mass is 9.45. The van der Waals surface area contributed by atoms with Gasteiger partial charge < -0.3 is 54.4 Å². The molecule has 438 valence electrons. The zero-order valence-corrected chi connectivity index (χ0v) is 48.6. The van der Waals surface area contributed by atoms with Crippen LogP contribution in [-0.4, -0.2) is 81.1 Å². The average Bonchev–Trinajstić information content (AvgIpc) is 0.984. The van der Waals surface area contributed by atoms with Crippen molar-refractivity contribution in [3.05, 3.63) is 170 Å². The van der Waals surface area contributed by atoms with Crippen LogP contribution in [0.15, 0.2) is 108 Å². The second kappa shape index (κ2) is 23.0. The lowest BCUT2D eigenvalue weighted by molar-refractivity contribution is -0.193. The third kappa shape index (κ3) is 10.1. The fraction of sp³-hybridized carbons (Fsp3) is 0.472. The Morgan fingerprint density at radius 2 is 1.67 bits per heavy atom. The van der Waals surface area contributed by atoms with E-state index in [1.807, 2.05) is 18.2 Å². The van der Waals surface area contributed by atoms with Crippen molar-refractivity contribution in [3.63, 3.8) is 0 Å². The van der Waals surface area contributed by atoms with Crippen LogP contribution in [0.25, 0.3) is 16.6 Å². The van der Waals surface area contributed by atoms with Gasteiger partial charge in [0.2, 0.25) is 0 Å². The summed E-state index contributed by atoms with van der Waals surface area (Å²) in [5.74, 6) is 9.93. The molecule has 84 heavy (non-hydrogen) atoms. The summed E-state index contributed by atoms with van der Waals surface area (Å²) in [4.78, 5) is 0. The number of benzene rings is 5. The Hall–Kier alpha value is -6.56. The number of hydrogen-bond donors (Lipinski definition) is 7. The number of aromatic nitrogens is 1. The standard InChI is InChI=1S/C72H81N3O9/c1-81-43-73-67-35-49-18-16-44(14-15-45-17-24-63(78)51(28-45)29-46-9-5-12-57(77)30-46)8-6-13-58-36-64(79)50-20-23-59-60(33-50)53(39-76)34-65(80)69(59)83-40-54-32-56(31-52-37-75(38-61(52)54)70(74-67)62(49)42-82-58)72-55-22-19-47-10-7-11-48(68(47)72)21-25-66(72)71(84-41-55)26-3-2-4-27-71/h5,7,9-12,17,24,28,30-32,34-35,37-38,44,50,55,58,64,66-67,73-74,76-80H,2-4,6,8,13-15,19-23,25-27,29,33,36,39-43H2,1H3. The van der Waals surface area contributed by atoms with Crippen LogP contribution in [0.1, 0.15) is 145 Å². The molecule has 5 aromatic carbocycles. The number of hydrogen-bond acceptors (Lipinski definition) is 11. The molecule has 2 fully saturated rings. The lowest BCUT2D eigenvalue weighted by Gasteiger charge is -2.63. The van der Waals surface area contributed by atoms with Crippen molar-refractivity contribution in [1.82, 2.24) is 15.2 Å². The molecule has 12 heteroatoms. The maximum Gasteiger partial charge on any atom is 0.164 e. The van der Waals surface area contributed by atoms with E-state index in [0.29, 0.717) is 62.0 Å². The summed E-state index contributed by atoms with van der Waals surface area (Å²) < 4.78 is 29.5. The van der Waals surface area contributed by atoms with Gasteiger partial charge in [0.1, 0.15) is 30.1 Å². The Balaban J connectivity index is 0.919. The zero-order chi connectivity index (χ0) is 57.1. The number of ether oxygens (including phenoxy) is 4. The van der Waals surface area contributed by atoms with Gasteiger partial charge in [0.25, 0.3) is 0 Å². The maximum atomic E-state index is 12.4. The molecule has 8 bridgehead atoms. The van der Waals surface area contributed by atoms with Gasteiger partial charge in [-0.15, -0.1) is 0 Å². The average molecular weight is 1130 g/mol. The highest BCUT2D eigenvalue weighted by molar-refractivity contribution is 5.89. The van der Waals surface area contributed by atoms with Gasteiger partial charge >= 0.3 is 0 Å². The molecule has 6 aromatic rings. The van der Waals surface area contributed by atoms with Gasteiger partial charge in [0, 0.05) is 70.7 Å². The molecule has 5 aliphatic heterocycles. The molecule has 7 N–H and O–H groups in total. The minimum Gasteiger partial charge on any atom is -0.508 e. The monoisotopic (exact) mass is 1130 g/mol. The summed E-state index contributed by atoms with van der Waals surface area (Å²) in [7, 11) is 1.69. The Bertz CT molecular complexity index is 3600. The second-order valence-corrected chi connectivity index (χ2v) is 25.8. The smallest absolute Gasteiger partial charge is 0.164 e. The number of dihydropyridines is 1. The van der Waals surface area contributed by atoms with Gasteiger partial charge in [-0.3, -0.25) is 5.32 Å². The van der Waals surface area contributed by atoms with E-state index in [2.05, 4.69) is 81.9 Å². The molecule has 6 heterocycles. The van der Waals surface area contributed by atoms with Gasteiger partial charge in [-0.1, -0.05) is 79.6 Å². The second-order valence-electron chi connectivity index (χ2n) is 25.8. The van der Waals surface area contributed by atoms with Crippen molar-refractivity contribution >= 4 is 16.6 Å². The van der Waals surface area contributed by atoms with E-state index in [9.17, 15) is 25.5 Å². The van der Waals surface area contributed by atoms with Crippen molar-refractivity contribution in [2.24, 2.45) is 23.7 Å². The van der Waals surface area contributed by atoms with E-state index in [0.717, 1.165) is 138 Å². The number of nitrogens with zero attached hydrogens (tertiary/aromatic N) is 1. The molecular formula is C72H81N3O9. The Morgan fingerprint density at radius 3 is 2.51 bits per heavy atom. The third-order valence-corrected chi connectivity index (χ3v) is 21.1. The number of phenolic OH excluding ortho intramolecular Hbond substituents is 3. The molecule has 1 saturated heterocycles. The summed E-state index contributed by atoms with van der Waals surface area (Å²) in [6.07, 6.45) is 22.3. The van der Waals surface area contributed by atoms with Gasteiger partial charge in [-0.05, 0) is 200 Å². The molecular weight excluding hydrogens is 1050 g/mol. The molecule has 8 unspecified atom stereocenters. The van der Waals surface area contributed by atoms with Crippen LogP contribution in [0.4, 0.5) is 0 Å². The van der Waals surface area contributed by atoms with Gasteiger partial charge in [-0.25, -0.2) is 0 Å². The van der Waals surface area contributed by atoms with Crippen molar-refractivity contribution < 1.29 is 44.5 Å². The van der Waals surface area contributed by atoms with Crippen LogP contribution >= 0.6 is 0 Å². The number of rotatable bonds is 10. The number of aryl methyl sites for hydroxylation is 3. The fourth-order valence-corrected chi connectivity index (χ4v) is 17.0. The van der Waals surface area contributed by atoms with Crippen molar-refractivity contribution in [1.29, 1.82) is 0 Å². The van der Waals surface area contributed by atoms with E-state index >= 15 is 0 Å². The SMILES string of the molecule is COCNC1C=C2C#CC(CCc3ccc(O)c(Cc4cccc(O)c4)c3)CCCC3CC(O)C4CCc5c(c(CO)cc(O)c5OCc5cc(C67c8c9cccc8CCC6C6(CCCCC6)OCC7CC9)cc6cn(cc56)C(=C2CO3)N1)C4. The van der Waals surface area contributed by atoms with Gasteiger partial charge in [0.15, 0.2) is 11.5 Å². The Labute approximate surface area is 493 Å². The summed E-state index contributed by atoms with van der Waals surface area (Å²) in [6, 6.07) is 26.8. The van der Waals surface area contributed by atoms with Crippen LogP contribution in [0.5, 0.6) is 23.0 Å². The number of aliphatic hydroxyl groups is 2. The molecule has 1 aromatic heterocycles.